The summed E-state index contributed by atoms with van der Waals surface area (Å²) in [6.07, 6.45) is 0. The van der Waals surface area contributed by atoms with Crippen LogP contribution in [0.2, 0.25) is 0 Å². The zero-order chi connectivity index (χ0) is 19.2. The lowest BCUT2D eigenvalue weighted by Gasteiger charge is -2.17. The second-order valence-electron chi connectivity index (χ2n) is 5.79. The van der Waals surface area contributed by atoms with Crippen LogP contribution in [0.15, 0.2) is 44.7 Å². The van der Waals surface area contributed by atoms with Crippen LogP contribution < -0.4 is 22.1 Å². The maximum atomic E-state index is 13.0. The largest absolute Gasteiger partial charge is 0.505 e. The van der Waals surface area contributed by atoms with Gasteiger partial charge in [-0.25, -0.2) is 4.79 Å². The van der Waals surface area contributed by atoms with E-state index >= 15 is 0 Å². The van der Waals surface area contributed by atoms with E-state index in [1.165, 1.54) is 21.0 Å². The van der Waals surface area contributed by atoms with Gasteiger partial charge >= 0.3 is 5.69 Å². The molecular weight excluding hydrogens is 340 g/mol. The summed E-state index contributed by atoms with van der Waals surface area (Å²) in [7, 11) is 2.65. The number of hydrogen-bond donors (Lipinski definition) is 2. The minimum atomic E-state index is -0.781. The number of rotatable bonds is 2. The fraction of sp³-hybridized carbons (Fsp3) is 0.176. The smallest absolute Gasteiger partial charge is 0.332 e. The first kappa shape index (κ1) is 17.2. The molecule has 3 rings (SSSR count). The lowest BCUT2D eigenvalue weighted by atomic mass is 10.2. The number of pyridine rings is 1. The predicted octanol–water partition coefficient (Wildman–Crippen LogP) is 0.0521. The molecular formula is C17H16N4O5. The molecule has 2 N–H and O–H groups in total. The highest BCUT2D eigenvalue weighted by molar-refractivity contribution is 5.96. The molecule has 0 spiro atoms. The number of amides is 1. The third-order valence-corrected chi connectivity index (χ3v) is 4.05. The van der Waals surface area contributed by atoms with Gasteiger partial charge in [0.2, 0.25) is 5.91 Å². The van der Waals surface area contributed by atoms with E-state index in [1.54, 1.807) is 30.3 Å². The van der Waals surface area contributed by atoms with Crippen LogP contribution >= 0.6 is 0 Å². The third kappa shape index (κ3) is 2.41. The van der Waals surface area contributed by atoms with Gasteiger partial charge in [0.15, 0.2) is 11.4 Å². The highest BCUT2D eigenvalue weighted by Crippen LogP contribution is 2.28. The molecule has 0 radical (unpaired) electrons. The Morgan fingerprint density at radius 3 is 2.19 bits per heavy atom. The van der Waals surface area contributed by atoms with E-state index in [1.807, 2.05) is 0 Å². The van der Waals surface area contributed by atoms with Crippen LogP contribution in [0.4, 0.5) is 5.69 Å². The Hall–Kier alpha value is -3.62. The van der Waals surface area contributed by atoms with Crippen molar-refractivity contribution in [1.29, 1.82) is 0 Å². The third-order valence-electron chi connectivity index (χ3n) is 4.05. The topological polar surface area (TPSA) is 115 Å². The van der Waals surface area contributed by atoms with Crippen LogP contribution in [0.3, 0.4) is 0 Å². The number of para-hydroxylation sites is 1. The molecule has 2 aromatic heterocycles. The molecule has 0 aliphatic rings. The number of nitrogens with zero attached hydrogens (tertiary/aromatic N) is 3. The molecule has 1 aromatic carbocycles. The van der Waals surface area contributed by atoms with Crippen molar-refractivity contribution < 1.29 is 9.90 Å². The summed E-state index contributed by atoms with van der Waals surface area (Å²) in [6, 6.07) is 8.31. The van der Waals surface area contributed by atoms with Crippen LogP contribution in [0.1, 0.15) is 6.92 Å². The molecule has 0 fully saturated rings. The molecule has 1 amide bonds. The Morgan fingerprint density at radius 1 is 1.00 bits per heavy atom. The Balaban J connectivity index is 2.69. The average Bonchev–Trinajstić information content (AvgIpc) is 2.61. The lowest BCUT2D eigenvalue weighted by molar-refractivity contribution is -0.114. The molecule has 0 atom stereocenters. The van der Waals surface area contributed by atoms with Crippen molar-refractivity contribution in [2.24, 2.45) is 14.1 Å². The van der Waals surface area contributed by atoms with Crippen molar-refractivity contribution in [2.45, 2.75) is 6.92 Å². The molecule has 2 heterocycles. The number of carbonyl (C=O) groups excluding carboxylic acids is 1. The van der Waals surface area contributed by atoms with Gasteiger partial charge in [-0.2, -0.15) is 0 Å². The first-order chi connectivity index (χ1) is 12.3. The average molecular weight is 356 g/mol. The van der Waals surface area contributed by atoms with Gasteiger partial charge in [-0.15, -0.1) is 0 Å². The summed E-state index contributed by atoms with van der Waals surface area (Å²) in [6.45, 7) is 1.18. The van der Waals surface area contributed by atoms with E-state index in [0.717, 1.165) is 13.7 Å². The van der Waals surface area contributed by atoms with Crippen molar-refractivity contribution in [2.75, 3.05) is 5.32 Å². The van der Waals surface area contributed by atoms with Crippen molar-refractivity contribution >= 4 is 22.6 Å². The van der Waals surface area contributed by atoms with Crippen LogP contribution in [-0.2, 0) is 18.9 Å². The second kappa shape index (κ2) is 6.03. The molecule has 134 valence electrons. The molecule has 0 unspecified atom stereocenters. The van der Waals surface area contributed by atoms with E-state index in [0.29, 0.717) is 5.69 Å². The normalized spacial score (nSPS) is 10.9. The van der Waals surface area contributed by atoms with Gasteiger partial charge in [-0.3, -0.25) is 28.1 Å². The number of hydrogen-bond acceptors (Lipinski definition) is 5. The van der Waals surface area contributed by atoms with E-state index in [2.05, 4.69) is 5.32 Å². The zero-order valence-corrected chi connectivity index (χ0v) is 14.3. The highest BCUT2D eigenvalue weighted by atomic mass is 16.3. The fourth-order valence-corrected chi connectivity index (χ4v) is 2.84. The Morgan fingerprint density at radius 2 is 1.62 bits per heavy atom. The van der Waals surface area contributed by atoms with Gasteiger partial charge in [0.1, 0.15) is 11.0 Å². The maximum absolute atomic E-state index is 13.0. The number of anilines is 1. The number of aromatic nitrogens is 3. The molecule has 0 aliphatic heterocycles. The number of aromatic hydroxyl groups is 1. The van der Waals surface area contributed by atoms with Crippen molar-refractivity contribution in [3.05, 3.63) is 61.5 Å². The zero-order valence-electron chi connectivity index (χ0n) is 14.3. The summed E-state index contributed by atoms with van der Waals surface area (Å²) < 4.78 is 3.03. The Labute approximate surface area is 146 Å². The summed E-state index contributed by atoms with van der Waals surface area (Å²) in [5.74, 6) is -1.26. The van der Waals surface area contributed by atoms with Gasteiger partial charge in [-0.1, -0.05) is 18.2 Å². The molecule has 0 bridgehead atoms. The summed E-state index contributed by atoms with van der Waals surface area (Å²) >= 11 is 0. The lowest BCUT2D eigenvalue weighted by Crippen LogP contribution is -2.40. The monoisotopic (exact) mass is 356 g/mol. The van der Waals surface area contributed by atoms with Crippen LogP contribution in [0, 0.1) is 0 Å². The summed E-state index contributed by atoms with van der Waals surface area (Å²) in [4.78, 5) is 49.4. The number of benzene rings is 1. The van der Waals surface area contributed by atoms with Gasteiger partial charge in [0, 0.05) is 21.0 Å². The van der Waals surface area contributed by atoms with Crippen molar-refractivity contribution in [1.82, 2.24) is 13.7 Å². The Bertz CT molecular complexity index is 1220. The van der Waals surface area contributed by atoms with Crippen molar-refractivity contribution in [3.8, 4) is 11.4 Å². The molecule has 9 nitrogen and oxygen atoms in total. The van der Waals surface area contributed by atoms with E-state index < -0.39 is 34.2 Å². The van der Waals surface area contributed by atoms with E-state index in [-0.39, 0.29) is 11.0 Å². The molecule has 0 saturated carbocycles. The number of nitrogens with one attached hydrogen (secondary N) is 1. The highest BCUT2D eigenvalue weighted by Gasteiger charge is 2.24. The number of aryl methyl sites for hydroxylation is 1. The first-order valence-corrected chi connectivity index (χ1v) is 7.66. The minimum absolute atomic E-state index is 0.0686. The van der Waals surface area contributed by atoms with Crippen LogP contribution in [-0.4, -0.2) is 24.7 Å². The van der Waals surface area contributed by atoms with Crippen molar-refractivity contribution in [3.63, 3.8) is 0 Å². The maximum Gasteiger partial charge on any atom is 0.332 e. The quantitative estimate of drug-likeness (QED) is 0.673. The number of fused-ring (bicyclic) bond motifs is 1. The predicted molar refractivity (Wildman–Crippen MR) is 96.0 cm³/mol. The standard InChI is InChI=1S/C17H16N4O5/c1-9(22)18-12-13(23)11-14(19(2)17(26)20(3)15(11)24)21(16(12)25)10-7-5-4-6-8-10/h4-8,23H,1-3H3,(H,18,22). The fourth-order valence-electron chi connectivity index (χ4n) is 2.84. The minimum Gasteiger partial charge on any atom is -0.505 e. The van der Waals surface area contributed by atoms with E-state index in [4.69, 9.17) is 0 Å². The number of carbonyl (C=O) groups is 1. The molecule has 0 saturated heterocycles. The summed E-state index contributed by atoms with van der Waals surface area (Å²) in [5, 5.41) is 12.5. The second-order valence-corrected chi connectivity index (χ2v) is 5.79. The Kier molecular flexibility index (Phi) is 3.99. The van der Waals surface area contributed by atoms with Crippen LogP contribution in [0.5, 0.6) is 5.75 Å². The van der Waals surface area contributed by atoms with Gasteiger partial charge in [0.05, 0.1) is 5.69 Å². The van der Waals surface area contributed by atoms with Gasteiger partial charge < -0.3 is 10.4 Å². The molecule has 3 aromatic rings. The molecule has 9 heteroatoms. The molecule has 0 aliphatic carbocycles. The van der Waals surface area contributed by atoms with Gasteiger partial charge in [0.25, 0.3) is 11.1 Å². The summed E-state index contributed by atoms with van der Waals surface area (Å²) in [5.41, 5.74) is -2.32. The SMILES string of the molecule is CC(=O)Nc1c(O)c2c(=O)n(C)c(=O)n(C)c2n(-c2ccccc2)c1=O. The first-order valence-electron chi connectivity index (χ1n) is 7.66. The van der Waals surface area contributed by atoms with E-state index in [9.17, 15) is 24.3 Å². The molecule has 26 heavy (non-hydrogen) atoms. The van der Waals surface area contributed by atoms with Gasteiger partial charge in [-0.05, 0) is 12.1 Å². The van der Waals surface area contributed by atoms with Crippen LogP contribution in [0.25, 0.3) is 16.7 Å².